The Kier molecular flexibility index (Phi) is 14.3. The summed E-state index contributed by atoms with van der Waals surface area (Å²) in [5, 5.41) is 0. The van der Waals surface area contributed by atoms with E-state index in [1.807, 2.05) is 44.2 Å². The third-order valence-electron chi connectivity index (χ3n) is 6.35. The van der Waals surface area contributed by atoms with Crippen LogP contribution in [0, 0.1) is 0 Å². The highest BCUT2D eigenvalue weighted by atomic mass is 15.1. The smallest absolute Gasteiger partial charge is 0.0408 e. The predicted octanol–water partition coefficient (Wildman–Crippen LogP) is 10.8. The maximum atomic E-state index is 2.96. The van der Waals surface area contributed by atoms with E-state index < -0.39 is 0 Å². The van der Waals surface area contributed by atoms with Crippen LogP contribution in [-0.4, -0.2) is 7.05 Å². The lowest BCUT2D eigenvalue weighted by atomic mass is 10.0. The molecule has 5 aromatic carbocycles. The number of nitrogens with zero attached hydrogens (tertiary/aromatic N) is 1. The molecule has 0 radical (unpaired) electrons. The normalized spacial score (nSPS) is 10.5. The van der Waals surface area contributed by atoms with E-state index in [1.54, 1.807) is 0 Å². The third-order valence-corrected chi connectivity index (χ3v) is 6.35. The van der Waals surface area contributed by atoms with Gasteiger partial charge >= 0.3 is 0 Å². The van der Waals surface area contributed by atoms with E-state index in [4.69, 9.17) is 0 Å². The van der Waals surface area contributed by atoms with Gasteiger partial charge in [0.25, 0.3) is 0 Å². The van der Waals surface area contributed by atoms with E-state index >= 15 is 0 Å². The molecule has 1 nitrogen and oxygen atoms in total. The molecular weight excluding hydrogens is 506 g/mol. The highest BCUT2D eigenvalue weighted by molar-refractivity contribution is 5.61. The van der Waals surface area contributed by atoms with Crippen LogP contribution < -0.4 is 4.90 Å². The molecule has 0 aliphatic heterocycles. The monoisotopic (exact) mass is 547 g/mol. The van der Waals surface area contributed by atoms with Crippen LogP contribution in [0.25, 0.3) is 0 Å². The lowest BCUT2D eigenvalue weighted by molar-refractivity contribution is 1.19. The van der Waals surface area contributed by atoms with Crippen molar-refractivity contribution in [3.05, 3.63) is 204 Å². The third kappa shape index (κ3) is 11.6. The van der Waals surface area contributed by atoms with E-state index in [0.717, 1.165) is 12.8 Å². The van der Waals surface area contributed by atoms with Crippen LogP contribution in [0.3, 0.4) is 0 Å². The number of anilines is 2. The molecule has 0 atom stereocenters. The van der Waals surface area contributed by atoms with Gasteiger partial charge in [-0.05, 0) is 77.6 Å². The fraction of sp³-hybridized carbons (Fsp3) is 0.122. The van der Waals surface area contributed by atoms with Crippen molar-refractivity contribution in [1.82, 2.24) is 0 Å². The summed E-state index contributed by atoms with van der Waals surface area (Å²) in [6.45, 7) is 4.00. The molecule has 0 saturated heterocycles. The predicted molar refractivity (Wildman–Crippen MR) is 182 cm³/mol. The Morgan fingerprint density at radius 3 is 1.17 bits per heavy atom. The first-order valence-electron chi connectivity index (χ1n) is 14.6. The van der Waals surface area contributed by atoms with Crippen LogP contribution in [0.5, 0.6) is 0 Å². The van der Waals surface area contributed by atoms with Crippen molar-refractivity contribution in [2.45, 2.75) is 26.7 Å². The number of hydrogen-bond donors (Lipinski definition) is 0. The lowest BCUT2D eigenvalue weighted by Crippen LogP contribution is -2.08. The Balaban J connectivity index is 0.000000168. The highest BCUT2D eigenvalue weighted by Gasteiger charge is 2.00. The highest BCUT2D eigenvalue weighted by Crippen LogP contribution is 2.22. The quantitative estimate of drug-likeness (QED) is 0.191. The number of rotatable bonds is 6. The van der Waals surface area contributed by atoms with Crippen molar-refractivity contribution in [2.24, 2.45) is 0 Å². The zero-order chi connectivity index (χ0) is 29.7. The van der Waals surface area contributed by atoms with Gasteiger partial charge in [0.2, 0.25) is 0 Å². The molecule has 6 rings (SSSR count). The van der Waals surface area contributed by atoms with Crippen molar-refractivity contribution in [2.75, 3.05) is 11.9 Å². The number of allylic oxidation sites excluding steroid dienone is 4. The van der Waals surface area contributed by atoms with Crippen LogP contribution in [0.4, 0.5) is 11.4 Å². The summed E-state index contributed by atoms with van der Waals surface area (Å²) in [5.41, 5.74) is 13.6. The Hall–Kier alpha value is -5.06. The van der Waals surface area contributed by atoms with Crippen molar-refractivity contribution in [3.63, 3.8) is 0 Å². The maximum Gasteiger partial charge on any atom is 0.0408 e. The molecule has 0 amide bonds. The zero-order valence-electron chi connectivity index (χ0n) is 25.0. The number of hydrogen-bond acceptors (Lipinski definition) is 1. The van der Waals surface area contributed by atoms with Crippen molar-refractivity contribution in [3.8, 4) is 0 Å². The first-order valence-corrected chi connectivity index (χ1v) is 14.6. The average molecular weight is 548 g/mol. The molecule has 1 aliphatic rings. The van der Waals surface area contributed by atoms with E-state index in [0.29, 0.717) is 0 Å². The fourth-order valence-corrected chi connectivity index (χ4v) is 4.20. The molecule has 0 N–H and O–H groups in total. The second kappa shape index (κ2) is 19.1. The number of para-hydroxylation sites is 2. The summed E-state index contributed by atoms with van der Waals surface area (Å²) in [7, 11) is 2.07. The van der Waals surface area contributed by atoms with Crippen LogP contribution in [0.15, 0.2) is 187 Å². The summed E-state index contributed by atoms with van der Waals surface area (Å²) < 4.78 is 0. The SMILES string of the molecule is C1=C=CC(Cc2ccccc2)=CC=1.CC.CN(c1ccccc1)c1ccccc1.c1ccc(Cc2ccccc2)cc1. The molecule has 0 saturated carbocycles. The molecule has 0 spiro atoms. The second-order valence-corrected chi connectivity index (χ2v) is 9.38. The van der Waals surface area contributed by atoms with E-state index in [1.165, 1.54) is 33.6 Å². The van der Waals surface area contributed by atoms with Crippen molar-refractivity contribution < 1.29 is 0 Å². The Morgan fingerprint density at radius 1 is 0.452 bits per heavy atom. The summed E-state index contributed by atoms with van der Waals surface area (Å²) >= 11 is 0. The van der Waals surface area contributed by atoms with Gasteiger partial charge in [0.15, 0.2) is 0 Å². The molecule has 42 heavy (non-hydrogen) atoms. The van der Waals surface area contributed by atoms with Gasteiger partial charge < -0.3 is 4.90 Å². The van der Waals surface area contributed by atoms with Gasteiger partial charge in [0.05, 0.1) is 0 Å². The van der Waals surface area contributed by atoms with E-state index in [2.05, 4.69) is 163 Å². The maximum absolute atomic E-state index is 2.96. The Bertz CT molecular complexity index is 1450. The van der Waals surface area contributed by atoms with Gasteiger partial charge in [-0.2, -0.15) is 0 Å². The zero-order valence-corrected chi connectivity index (χ0v) is 25.0. The minimum atomic E-state index is 0.978. The fourth-order valence-electron chi connectivity index (χ4n) is 4.20. The van der Waals surface area contributed by atoms with Crippen LogP contribution >= 0.6 is 0 Å². The first-order chi connectivity index (χ1) is 20.8. The molecule has 0 heterocycles. The van der Waals surface area contributed by atoms with Gasteiger partial charge in [-0.3, -0.25) is 0 Å². The van der Waals surface area contributed by atoms with Gasteiger partial charge in [0.1, 0.15) is 0 Å². The molecule has 0 unspecified atom stereocenters. The van der Waals surface area contributed by atoms with Gasteiger partial charge in [-0.1, -0.05) is 153 Å². The van der Waals surface area contributed by atoms with Gasteiger partial charge in [-0.25, -0.2) is 0 Å². The minimum absolute atomic E-state index is 0.978. The Morgan fingerprint density at radius 2 is 0.810 bits per heavy atom. The molecule has 1 heteroatoms. The van der Waals surface area contributed by atoms with Gasteiger partial charge in [-0.15, -0.1) is 0 Å². The minimum Gasteiger partial charge on any atom is -0.345 e. The lowest BCUT2D eigenvalue weighted by Gasteiger charge is -2.18. The first kappa shape index (κ1) is 31.5. The molecule has 1 aliphatic carbocycles. The topological polar surface area (TPSA) is 3.24 Å². The average Bonchev–Trinajstić information content (AvgIpc) is 3.09. The largest absolute Gasteiger partial charge is 0.345 e. The second-order valence-electron chi connectivity index (χ2n) is 9.38. The van der Waals surface area contributed by atoms with Crippen LogP contribution in [-0.2, 0) is 12.8 Å². The number of benzene rings is 5. The van der Waals surface area contributed by atoms with E-state index in [9.17, 15) is 0 Å². The molecule has 0 aromatic heterocycles. The molecule has 210 valence electrons. The summed E-state index contributed by atoms with van der Waals surface area (Å²) in [6.07, 6.45) is 7.96. The Labute approximate surface area is 253 Å². The van der Waals surface area contributed by atoms with Gasteiger partial charge in [0, 0.05) is 18.4 Å². The molecule has 0 bridgehead atoms. The molecular formula is C41H41N. The van der Waals surface area contributed by atoms with Crippen LogP contribution in [0.1, 0.15) is 30.5 Å². The van der Waals surface area contributed by atoms with Crippen molar-refractivity contribution >= 4 is 11.4 Å². The molecule has 0 fully saturated rings. The van der Waals surface area contributed by atoms with Crippen LogP contribution in [0.2, 0.25) is 0 Å². The summed E-state index contributed by atoms with van der Waals surface area (Å²) in [4.78, 5) is 2.17. The van der Waals surface area contributed by atoms with Crippen molar-refractivity contribution in [1.29, 1.82) is 0 Å². The van der Waals surface area contributed by atoms with E-state index in [-0.39, 0.29) is 0 Å². The molecule has 5 aromatic rings. The summed E-state index contributed by atoms with van der Waals surface area (Å²) in [6, 6.07) is 52.2. The summed E-state index contributed by atoms with van der Waals surface area (Å²) in [5.74, 6) is 0. The standard InChI is InChI=1S/C13H13N.C13H12.C13H10.C2H6/c1-14(12-8-4-2-5-9-12)13-10-6-3-7-11-13;2*1-3-7-12(8-4-1)11-13-9-5-2-6-10-13;1-2/h2-11H,1H3;1-10H,11H2;1,3-5,7-10H,11H2;1-2H3.